The van der Waals surface area contributed by atoms with Gasteiger partial charge in [-0.05, 0) is 43.2 Å². The zero-order valence-electron chi connectivity index (χ0n) is 16.2. The number of aryl methyl sites for hydroxylation is 2. The highest BCUT2D eigenvalue weighted by atomic mass is 16.5. The fraction of sp³-hybridized carbons (Fsp3) is 0.524. The molecular weight excluding hydrogens is 312 g/mol. The lowest BCUT2D eigenvalue weighted by Crippen LogP contribution is -2.33. The first-order valence-electron chi connectivity index (χ1n) is 9.14. The molecule has 1 amide bonds. The van der Waals surface area contributed by atoms with Crippen molar-refractivity contribution in [3.63, 3.8) is 0 Å². The van der Waals surface area contributed by atoms with Crippen LogP contribution in [0.15, 0.2) is 28.8 Å². The van der Waals surface area contributed by atoms with Gasteiger partial charge in [-0.25, -0.2) is 0 Å². The van der Waals surface area contributed by atoms with Crippen molar-refractivity contribution in [3.8, 4) is 0 Å². The number of aromatic nitrogens is 1. The lowest BCUT2D eigenvalue weighted by Gasteiger charge is -2.23. The van der Waals surface area contributed by atoms with E-state index in [1.54, 1.807) is 0 Å². The maximum atomic E-state index is 12.5. The minimum atomic E-state index is -0.000967. The molecular formula is C21H30N2O2. The number of carbonyl (C=O) groups is 1. The second-order valence-electron chi connectivity index (χ2n) is 7.24. The van der Waals surface area contributed by atoms with Gasteiger partial charge in [0.1, 0.15) is 5.76 Å². The zero-order chi connectivity index (χ0) is 18.6. The molecule has 25 heavy (non-hydrogen) atoms. The van der Waals surface area contributed by atoms with Gasteiger partial charge in [0.15, 0.2) is 0 Å². The fourth-order valence-electron chi connectivity index (χ4n) is 3.04. The standard InChI is InChI=1S/C21H30N2O2/c1-7-14(4)17-8-10-18(11-9-17)21(13(2)3)22-20(24)12-19-15(5)23-25-16(19)6/h8-11,13-14,21H,7,12H2,1-6H3,(H,22,24). The highest BCUT2D eigenvalue weighted by Crippen LogP contribution is 2.25. The molecule has 0 spiro atoms. The summed E-state index contributed by atoms with van der Waals surface area (Å²) in [6.07, 6.45) is 1.43. The average Bonchev–Trinajstić information content (AvgIpc) is 2.91. The minimum absolute atomic E-state index is 0.000831. The van der Waals surface area contributed by atoms with E-state index in [2.05, 4.69) is 62.4 Å². The number of hydrogen-bond acceptors (Lipinski definition) is 3. The smallest absolute Gasteiger partial charge is 0.225 e. The Hall–Kier alpha value is -2.10. The van der Waals surface area contributed by atoms with Gasteiger partial charge in [-0.15, -0.1) is 0 Å². The lowest BCUT2D eigenvalue weighted by atomic mass is 9.92. The highest BCUT2D eigenvalue weighted by Gasteiger charge is 2.20. The molecule has 1 heterocycles. The predicted molar refractivity (Wildman–Crippen MR) is 101 cm³/mol. The van der Waals surface area contributed by atoms with Crippen molar-refractivity contribution >= 4 is 5.91 Å². The van der Waals surface area contributed by atoms with Gasteiger partial charge in [-0.2, -0.15) is 0 Å². The number of amides is 1. The van der Waals surface area contributed by atoms with E-state index in [1.165, 1.54) is 5.56 Å². The molecule has 136 valence electrons. The number of nitrogens with one attached hydrogen (secondary N) is 1. The van der Waals surface area contributed by atoms with Crippen molar-refractivity contribution in [3.05, 3.63) is 52.4 Å². The molecule has 2 atom stereocenters. The number of rotatable bonds is 7. The van der Waals surface area contributed by atoms with E-state index in [4.69, 9.17) is 4.52 Å². The van der Waals surface area contributed by atoms with Crippen molar-refractivity contribution in [1.82, 2.24) is 10.5 Å². The van der Waals surface area contributed by atoms with Gasteiger partial charge in [0.05, 0.1) is 18.2 Å². The Morgan fingerprint density at radius 3 is 2.20 bits per heavy atom. The first kappa shape index (κ1) is 19.2. The van der Waals surface area contributed by atoms with Gasteiger partial charge >= 0.3 is 0 Å². The maximum absolute atomic E-state index is 12.5. The summed E-state index contributed by atoms with van der Waals surface area (Å²) in [6.45, 7) is 12.4. The summed E-state index contributed by atoms with van der Waals surface area (Å²) >= 11 is 0. The van der Waals surface area contributed by atoms with Gasteiger partial charge in [0.2, 0.25) is 5.91 Å². The number of benzene rings is 1. The molecule has 0 aliphatic heterocycles. The molecule has 0 aliphatic carbocycles. The molecule has 2 rings (SSSR count). The van der Waals surface area contributed by atoms with Crippen LogP contribution in [0, 0.1) is 19.8 Å². The van der Waals surface area contributed by atoms with Crippen LogP contribution >= 0.6 is 0 Å². The topological polar surface area (TPSA) is 55.1 Å². The Balaban J connectivity index is 2.11. The van der Waals surface area contributed by atoms with E-state index >= 15 is 0 Å². The Bertz CT molecular complexity index is 682. The minimum Gasteiger partial charge on any atom is -0.361 e. The largest absolute Gasteiger partial charge is 0.361 e. The summed E-state index contributed by atoms with van der Waals surface area (Å²) in [5, 5.41) is 7.10. The summed E-state index contributed by atoms with van der Waals surface area (Å²) in [4.78, 5) is 12.5. The molecule has 0 saturated carbocycles. The monoisotopic (exact) mass is 342 g/mol. The van der Waals surface area contributed by atoms with Crippen LogP contribution in [0.4, 0.5) is 0 Å². The van der Waals surface area contributed by atoms with E-state index in [-0.39, 0.29) is 11.9 Å². The van der Waals surface area contributed by atoms with Gasteiger partial charge < -0.3 is 9.84 Å². The molecule has 2 aromatic rings. The molecule has 0 saturated heterocycles. The van der Waals surface area contributed by atoms with Crippen LogP contribution in [0.1, 0.15) is 74.2 Å². The lowest BCUT2D eigenvalue weighted by molar-refractivity contribution is -0.121. The molecule has 1 aromatic heterocycles. The van der Waals surface area contributed by atoms with Crippen LogP contribution in [-0.4, -0.2) is 11.1 Å². The van der Waals surface area contributed by atoms with Crippen LogP contribution in [0.3, 0.4) is 0 Å². The number of hydrogen-bond donors (Lipinski definition) is 1. The van der Waals surface area contributed by atoms with Crippen LogP contribution in [0.2, 0.25) is 0 Å². The Morgan fingerprint density at radius 2 is 1.72 bits per heavy atom. The molecule has 0 fully saturated rings. The molecule has 2 unspecified atom stereocenters. The predicted octanol–water partition coefficient (Wildman–Crippen LogP) is 4.86. The van der Waals surface area contributed by atoms with Crippen LogP contribution in [-0.2, 0) is 11.2 Å². The first-order valence-corrected chi connectivity index (χ1v) is 9.14. The van der Waals surface area contributed by atoms with E-state index in [1.807, 2.05) is 13.8 Å². The Kier molecular flexibility index (Phi) is 6.40. The van der Waals surface area contributed by atoms with Crippen molar-refractivity contribution in [2.24, 2.45) is 5.92 Å². The summed E-state index contributed by atoms with van der Waals surface area (Å²) in [6, 6.07) is 8.64. The fourth-order valence-corrected chi connectivity index (χ4v) is 3.04. The first-order chi connectivity index (χ1) is 11.8. The van der Waals surface area contributed by atoms with Crippen LogP contribution in [0.25, 0.3) is 0 Å². The van der Waals surface area contributed by atoms with E-state index < -0.39 is 0 Å². The van der Waals surface area contributed by atoms with Crippen molar-refractivity contribution < 1.29 is 9.32 Å². The second-order valence-corrected chi connectivity index (χ2v) is 7.24. The van der Waals surface area contributed by atoms with Crippen LogP contribution < -0.4 is 5.32 Å². The van der Waals surface area contributed by atoms with E-state index in [0.717, 1.165) is 23.2 Å². The van der Waals surface area contributed by atoms with Gasteiger partial charge in [0, 0.05) is 5.56 Å². The van der Waals surface area contributed by atoms with Gasteiger partial charge in [0.25, 0.3) is 0 Å². The molecule has 4 nitrogen and oxygen atoms in total. The maximum Gasteiger partial charge on any atom is 0.225 e. The third kappa shape index (κ3) is 4.71. The van der Waals surface area contributed by atoms with Crippen molar-refractivity contribution in [2.45, 2.75) is 66.3 Å². The van der Waals surface area contributed by atoms with Gasteiger partial charge in [-0.1, -0.05) is 57.1 Å². The van der Waals surface area contributed by atoms with E-state index in [0.29, 0.717) is 24.0 Å². The summed E-state index contributed by atoms with van der Waals surface area (Å²) in [5.41, 5.74) is 4.16. The van der Waals surface area contributed by atoms with Crippen molar-refractivity contribution in [2.75, 3.05) is 0 Å². The van der Waals surface area contributed by atoms with Gasteiger partial charge in [-0.3, -0.25) is 4.79 Å². The van der Waals surface area contributed by atoms with E-state index in [9.17, 15) is 4.79 Å². The Morgan fingerprint density at radius 1 is 1.12 bits per heavy atom. The van der Waals surface area contributed by atoms with Crippen LogP contribution in [0.5, 0.6) is 0 Å². The SMILES string of the molecule is CCC(C)c1ccc(C(NC(=O)Cc2c(C)noc2C)C(C)C)cc1. The number of nitrogens with zero attached hydrogens (tertiary/aromatic N) is 1. The third-order valence-corrected chi connectivity index (χ3v) is 4.98. The van der Waals surface area contributed by atoms with Crippen molar-refractivity contribution in [1.29, 1.82) is 0 Å². The highest BCUT2D eigenvalue weighted by molar-refractivity contribution is 5.79. The normalized spacial score (nSPS) is 13.7. The molecule has 4 heteroatoms. The number of carbonyl (C=O) groups excluding carboxylic acids is 1. The second kappa shape index (κ2) is 8.32. The summed E-state index contributed by atoms with van der Waals surface area (Å²) in [5.74, 6) is 1.58. The Labute approximate surface area is 151 Å². The molecule has 1 aromatic carbocycles. The molecule has 0 radical (unpaired) electrons. The third-order valence-electron chi connectivity index (χ3n) is 4.98. The average molecular weight is 342 g/mol. The zero-order valence-corrected chi connectivity index (χ0v) is 16.2. The quantitative estimate of drug-likeness (QED) is 0.781. The molecule has 0 bridgehead atoms. The molecule has 0 aliphatic rings. The molecule has 1 N–H and O–H groups in total. The summed E-state index contributed by atoms with van der Waals surface area (Å²) < 4.78 is 5.15. The summed E-state index contributed by atoms with van der Waals surface area (Å²) in [7, 11) is 0.